The highest BCUT2D eigenvalue weighted by atomic mass is 32.2. The summed E-state index contributed by atoms with van der Waals surface area (Å²) in [5.41, 5.74) is 2.40. The lowest BCUT2D eigenvalue weighted by Crippen LogP contribution is -2.17. The topological polar surface area (TPSA) is 93.2 Å². The van der Waals surface area contributed by atoms with Gasteiger partial charge in [0.1, 0.15) is 5.75 Å². The van der Waals surface area contributed by atoms with E-state index in [1.807, 2.05) is 42.5 Å². The van der Waals surface area contributed by atoms with Gasteiger partial charge in [0.2, 0.25) is 0 Å². The van der Waals surface area contributed by atoms with Gasteiger partial charge in [-0.15, -0.1) is 0 Å². The fourth-order valence-corrected chi connectivity index (χ4v) is 4.13. The molecule has 0 saturated heterocycles. The van der Waals surface area contributed by atoms with Crippen molar-refractivity contribution in [3.05, 3.63) is 84.4 Å². The molecule has 1 aromatic heterocycles. The molecule has 4 rings (SSSR count). The number of hydrogen-bond acceptors (Lipinski definition) is 6. The van der Waals surface area contributed by atoms with Crippen LogP contribution in [0, 0.1) is 0 Å². The van der Waals surface area contributed by atoms with Crippen molar-refractivity contribution in [1.82, 2.24) is 9.97 Å². The maximum Gasteiger partial charge on any atom is 0.263 e. The first-order valence-corrected chi connectivity index (χ1v) is 11.2. The zero-order valence-corrected chi connectivity index (χ0v) is 17.8. The van der Waals surface area contributed by atoms with E-state index in [2.05, 4.69) is 20.0 Å². The van der Waals surface area contributed by atoms with Gasteiger partial charge in [0.05, 0.1) is 23.0 Å². The minimum absolute atomic E-state index is 0.161. The Balaban J connectivity index is 1.58. The van der Waals surface area contributed by atoms with Crippen LogP contribution in [0.4, 0.5) is 11.6 Å². The lowest BCUT2D eigenvalue weighted by atomic mass is 10.1. The average molecular weight is 435 g/mol. The molecule has 0 amide bonds. The zero-order chi connectivity index (χ0) is 21.7. The van der Waals surface area contributed by atoms with Crippen LogP contribution in [0.3, 0.4) is 0 Å². The molecule has 0 atom stereocenters. The van der Waals surface area contributed by atoms with Crippen molar-refractivity contribution in [1.29, 1.82) is 0 Å². The molecule has 0 bridgehead atoms. The number of aromatic nitrogens is 2. The second-order valence-corrected chi connectivity index (χ2v) is 8.54. The van der Waals surface area contributed by atoms with Crippen LogP contribution in [-0.4, -0.2) is 32.0 Å². The lowest BCUT2D eigenvalue weighted by Gasteiger charge is -2.14. The van der Waals surface area contributed by atoms with Gasteiger partial charge in [0.15, 0.2) is 11.6 Å². The van der Waals surface area contributed by atoms with E-state index in [0.29, 0.717) is 23.4 Å². The van der Waals surface area contributed by atoms with Crippen molar-refractivity contribution >= 4 is 32.7 Å². The van der Waals surface area contributed by atoms with Gasteiger partial charge < -0.3 is 10.1 Å². The third-order valence-corrected chi connectivity index (χ3v) is 6.08. The van der Waals surface area contributed by atoms with Crippen LogP contribution in [0.1, 0.15) is 5.56 Å². The summed E-state index contributed by atoms with van der Waals surface area (Å²) in [7, 11) is -2.16. The Morgan fingerprint density at radius 3 is 2.06 bits per heavy atom. The smallest absolute Gasteiger partial charge is 0.263 e. The Bertz CT molecular complexity index is 1280. The number of hydrogen-bond donors (Lipinski definition) is 2. The first kappa shape index (κ1) is 20.6. The summed E-state index contributed by atoms with van der Waals surface area (Å²) in [6.07, 6.45) is 0.726. The van der Waals surface area contributed by atoms with Crippen LogP contribution < -0.4 is 14.8 Å². The van der Waals surface area contributed by atoms with Gasteiger partial charge in [0.25, 0.3) is 10.0 Å². The van der Waals surface area contributed by atoms with E-state index >= 15 is 0 Å². The number of anilines is 2. The van der Waals surface area contributed by atoms with Crippen molar-refractivity contribution in [3.63, 3.8) is 0 Å². The Morgan fingerprint density at radius 1 is 0.806 bits per heavy atom. The first-order chi connectivity index (χ1) is 15.0. The normalized spacial score (nSPS) is 11.3. The van der Waals surface area contributed by atoms with E-state index in [1.165, 1.54) is 12.1 Å². The zero-order valence-electron chi connectivity index (χ0n) is 16.9. The molecule has 158 valence electrons. The summed E-state index contributed by atoms with van der Waals surface area (Å²) in [5, 5.41) is 3.22. The summed E-state index contributed by atoms with van der Waals surface area (Å²) >= 11 is 0. The number of nitrogens with one attached hydrogen (secondary N) is 2. The summed E-state index contributed by atoms with van der Waals surface area (Å²) in [4.78, 5) is 9.25. The van der Waals surface area contributed by atoms with Gasteiger partial charge in [-0.2, -0.15) is 0 Å². The third kappa shape index (κ3) is 4.92. The summed E-state index contributed by atoms with van der Waals surface area (Å²) in [6, 6.07) is 23.3. The van der Waals surface area contributed by atoms with E-state index in [-0.39, 0.29) is 10.7 Å². The molecule has 0 unspecified atom stereocenters. The molecule has 31 heavy (non-hydrogen) atoms. The maximum absolute atomic E-state index is 12.8. The van der Waals surface area contributed by atoms with E-state index in [0.717, 1.165) is 17.7 Å². The molecule has 3 aromatic carbocycles. The number of fused-ring (bicyclic) bond motifs is 1. The molecule has 2 N–H and O–H groups in total. The maximum atomic E-state index is 12.8. The molecule has 0 aliphatic carbocycles. The quantitative estimate of drug-likeness (QED) is 0.434. The van der Waals surface area contributed by atoms with E-state index < -0.39 is 10.0 Å². The third-order valence-electron chi connectivity index (χ3n) is 4.72. The fraction of sp³-hybridized carbons (Fsp3) is 0.130. The molecule has 4 aromatic rings. The second kappa shape index (κ2) is 9.01. The highest BCUT2D eigenvalue weighted by Crippen LogP contribution is 2.24. The van der Waals surface area contributed by atoms with Crippen LogP contribution >= 0.6 is 0 Å². The van der Waals surface area contributed by atoms with Gasteiger partial charge in [-0.3, -0.25) is 4.72 Å². The predicted molar refractivity (Wildman–Crippen MR) is 122 cm³/mol. The molecule has 0 aliphatic rings. The average Bonchev–Trinajstić information content (AvgIpc) is 2.80. The van der Waals surface area contributed by atoms with Gasteiger partial charge in [-0.25, -0.2) is 18.4 Å². The van der Waals surface area contributed by atoms with Gasteiger partial charge >= 0.3 is 0 Å². The van der Waals surface area contributed by atoms with Crippen LogP contribution in [-0.2, 0) is 16.4 Å². The molecule has 1 heterocycles. The van der Waals surface area contributed by atoms with Crippen LogP contribution in [0.25, 0.3) is 11.0 Å². The van der Waals surface area contributed by atoms with Crippen molar-refractivity contribution in [2.24, 2.45) is 0 Å². The number of nitrogens with zero attached hydrogens (tertiary/aromatic N) is 2. The number of benzene rings is 3. The van der Waals surface area contributed by atoms with Crippen molar-refractivity contribution in [3.8, 4) is 5.75 Å². The Morgan fingerprint density at radius 2 is 1.42 bits per heavy atom. The number of ether oxygens (including phenoxy) is 1. The number of rotatable bonds is 8. The number of para-hydroxylation sites is 2. The van der Waals surface area contributed by atoms with Crippen LogP contribution in [0.15, 0.2) is 83.8 Å². The van der Waals surface area contributed by atoms with Crippen LogP contribution in [0.5, 0.6) is 5.75 Å². The number of sulfonamides is 1. The van der Waals surface area contributed by atoms with E-state index in [1.54, 1.807) is 31.4 Å². The molecule has 0 saturated carbocycles. The summed E-state index contributed by atoms with van der Waals surface area (Å²) in [5.74, 6) is 1.35. The molecule has 0 radical (unpaired) electrons. The van der Waals surface area contributed by atoms with Crippen molar-refractivity contribution in [2.45, 2.75) is 11.3 Å². The molecule has 7 nitrogen and oxygen atoms in total. The van der Waals surface area contributed by atoms with Gasteiger partial charge in [-0.05, 0) is 48.4 Å². The molecule has 0 fully saturated rings. The van der Waals surface area contributed by atoms with Crippen molar-refractivity contribution < 1.29 is 13.2 Å². The van der Waals surface area contributed by atoms with Crippen LogP contribution in [0.2, 0.25) is 0 Å². The highest BCUT2D eigenvalue weighted by molar-refractivity contribution is 7.92. The summed E-state index contributed by atoms with van der Waals surface area (Å²) in [6.45, 7) is 0.555. The standard InChI is InChI=1S/C23H22N4O3S/c1-30-18-13-11-17(12-14-18)15-16-24-22-23(26-21-10-6-5-9-20(21)25-22)27-31(28,29)19-7-3-2-4-8-19/h2-14H,15-16H2,1H3,(H,24,25)(H,26,27). The predicted octanol–water partition coefficient (Wildman–Crippen LogP) is 4.09. The lowest BCUT2D eigenvalue weighted by molar-refractivity contribution is 0.414. The second-order valence-electron chi connectivity index (χ2n) is 6.85. The SMILES string of the molecule is COc1ccc(CCNc2nc3ccccc3nc2NS(=O)(=O)c2ccccc2)cc1. The van der Waals surface area contributed by atoms with E-state index in [4.69, 9.17) is 4.74 Å². The van der Waals surface area contributed by atoms with Gasteiger partial charge in [0, 0.05) is 6.54 Å². The fourth-order valence-electron chi connectivity index (χ4n) is 3.10. The van der Waals surface area contributed by atoms with Gasteiger partial charge in [-0.1, -0.05) is 42.5 Å². The minimum atomic E-state index is -3.80. The molecular weight excluding hydrogens is 412 g/mol. The molecule has 8 heteroatoms. The monoisotopic (exact) mass is 434 g/mol. The first-order valence-electron chi connectivity index (χ1n) is 9.76. The largest absolute Gasteiger partial charge is 0.497 e. The Labute approximate surface area is 181 Å². The molecule has 0 aliphatic heterocycles. The van der Waals surface area contributed by atoms with E-state index in [9.17, 15) is 8.42 Å². The molecular formula is C23H22N4O3S. The Hall–Kier alpha value is -3.65. The molecule has 0 spiro atoms. The highest BCUT2D eigenvalue weighted by Gasteiger charge is 2.18. The van der Waals surface area contributed by atoms with Crippen molar-refractivity contribution in [2.75, 3.05) is 23.7 Å². The summed E-state index contributed by atoms with van der Waals surface area (Å²) < 4.78 is 33.4. The Kier molecular flexibility index (Phi) is 5.99. The number of methoxy groups -OCH3 is 1. The minimum Gasteiger partial charge on any atom is -0.497 e.